The summed E-state index contributed by atoms with van der Waals surface area (Å²) in [6.07, 6.45) is 1.95. The van der Waals surface area contributed by atoms with Crippen molar-refractivity contribution in [3.05, 3.63) is 11.4 Å². The maximum Gasteiger partial charge on any atom is 0.229 e. The van der Waals surface area contributed by atoms with Crippen LogP contribution in [0.1, 0.15) is 30.7 Å². The molecule has 0 aliphatic carbocycles. The predicted octanol–water partition coefficient (Wildman–Crippen LogP) is 0.0642. The fourth-order valence-corrected chi connectivity index (χ4v) is 3.02. The highest BCUT2D eigenvalue weighted by Crippen LogP contribution is 2.33. The quantitative estimate of drug-likeness (QED) is 0.798. The van der Waals surface area contributed by atoms with Crippen LogP contribution in [-0.4, -0.2) is 59.9 Å². The number of nitrogens with zero attached hydrogens (tertiary/aromatic N) is 3. The number of amides is 2. The van der Waals surface area contributed by atoms with Gasteiger partial charge < -0.3 is 15.0 Å². The third-order valence-corrected chi connectivity index (χ3v) is 4.14. The molecule has 1 aliphatic rings. The summed E-state index contributed by atoms with van der Waals surface area (Å²) in [5.41, 5.74) is 0.552. The van der Waals surface area contributed by atoms with Gasteiger partial charge in [0.2, 0.25) is 11.8 Å². The molecular weight excluding hydrogens is 288 g/mol. The van der Waals surface area contributed by atoms with E-state index in [1.165, 1.54) is 0 Å². The van der Waals surface area contributed by atoms with E-state index in [4.69, 9.17) is 4.74 Å². The summed E-state index contributed by atoms with van der Waals surface area (Å²) in [6.45, 7) is 2.70. The molecule has 0 aromatic carbocycles. The number of methoxy groups -OCH3 is 1. The largest absolute Gasteiger partial charge is 0.382 e. The lowest BCUT2D eigenvalue weighted by atomic mass is 9.92. The van der Waals surface area contributed by atoms with Crippen LogP contribution in [-0.2, 0) is 20.7 Å². The maximum absolute atomic E-state index is 12.7. The fraction of sp³-hybridized carbons (Fsp3) is 0.714. The normalized spacial score (nSPS) is 21.1. The first-order valence-corrected chi connectivity index (χ1v) is 7.30. The summed E-state index contributed by atoms with van der Waals surface area (Å²) in [7, 11) is 3.17. The number of hydrogen-bond donors (Lipinski definition) is 1. The zero-order chi connectivity index (χ0) is 16.2. The number of carbonyl (C=O) groups is 2. The molecular formula is C14H22N4O4. The molecule has 0 spiro atoms. The Morgan fingerprint density at radius 1 is 1.45 bits per heavy atom. The Balaban J connectivity index is 2.17. The summed E-state index contributed by atoms with van der Waals surface area (Å²) < 4.78 is 9.92. The molecule has 0 saturated carbocycles. The molecule has 8 nitrogen and oxygen atoms in total. The van der Waals surface area contributed by atoms with Crippen molar-refractivity contribution in [2.24, 2.45) is 0 Å². The lowest BCUT2D eigenvalue weighted by Gasteiger charge is -2.37. The minimum Gasteiger partial charge on any atom is -0.382 e. The summed E-state index contributed by atoms with van der Waals surface area (Å²) >= 11 is 0. The van der Waals surface area contributed by atoms with E-state index < -0.39 is 5.54 Å². The van der Waals surface area contributed by atoms with Crippen molar-refractivity contribution in [3.8, 4) is 0 Å². The van der Waals surface area contributed by atoms with E-state index in [0.717, 1.165) is 12.8 Å². The van der Waals surface area contributed by atoms with Gasteiger partial charge in [-0.1, -0.05) is 10.3 Å². The van der Waals surface area contributed by atoms with Crippen LogP contribution in [0.4, 0.5) is 0 Å². The van der Waals surface area contributed by atoms with Crippen LogP contribution in [0, 0.1) is 6.92 Å². The van der Waals surface area contributed by atoms with Gasteiger partial charge in [0.1, 0.15) is 11.4 Å². The van der Waals surface area contributed by atoms with E-state index in [0.29, 0.717) is 24.5 Å². The fourth-order valence-electron chi connectivity index (χ4n) is 3.02. The van der Waals surface area contributed by atoms with Crippen molar-refractivity contribution in [2.75, 3.05) is 27.3 Å². The minimum atomic E-state index is -0.586. The lowest BCUT2D eigenvalue weighted by molar-refractivity contribution is -0.139. The van der Waals surface area contributed by atoms with Gasteiger partial charge in [0.25, 0.3) is 0 Å². The molecule has 1 fully saturated rings. The summed E-state index contributed by atoms with van der Waals surface area (Å²) in [5, 5.41) is 10.1. The average Bonchev–Trinajstić information content (AvgIpc) is 3.06. The van der Waals surface area contributed by atoms with Gasteiger partial charge in [0, 0.05) is 20.7 Å². The van der Waals surface area contributed by atoms with E-state index in [9.17, 15) is 9.59 Å². The molecule has 1 atom stereocenters. The van der Waals surface area contributed by atoms with Crippen LogP contribution in [0.2, 0.25) is 0 Å². The molecule has 1 aromatic rings. The Hall–Kier alpha value is -1.96. The number of nitrogens with one attached hydrogen (secondary N) is 1. The molecule has 1 aliphatic heterocycles. The second-order valence-electron chi connectivity index (χ2n) is 5.63. The Labute approximate surface area is 129 Å². The highest BCUT2D eigenvalue weighted by Gasteiger charge is 2.45. The van der Waals surface area contributed by atoms with Crippen LogP contribution >= 0.6 is 0 Å². The van der Waals surface area contributed by atoms with Crippen LogP contribution in [0.3, 0.4) is 0 Å². The Morgan fingerprint density at radius 3 is 2.82 bits per heavy atom. The van der Waals surface area contributed by atoms with Crippen molar-refractivity contribution in [1.82, 2.24) is 20.5 Å². The summed E-state index contributed by atoms with van der Waals surface area (Å²) in [6, 6.07) is 0. The third-order valence-electron chi connectivity index (χ3n) is 4.14. The van der Waals surface area contributed by atoms with Crippen molar-refractivity contribution in [2.45, 2.75) is 38.1 Å². The molecule has 2 amide bonds. The van der Waals surface area contributed by atoms with Gasteiger partial charge in [-0.25, -0.2) is 4.63 Å². The highest BCUT2D eigenvalue weighted by molar-refractivity contribution is 5.82. The molecule has 1 saturated heterocycles. The number of carbonyl (C=O) groups excluding carboxylic acids is 2. The van der Waals surface area contributed by atoms with E-state index >= 15 is 0 Å². The van der Waals surface area contributed by atoms with Gasteiger partial charge >= 0.3 is 0 Å². The first-order valence-electron chi connectivity index (χ1n) is 7.30. The molecule has 2 heterocycles. The topological polar surface area (TPSA) is 97.6 Å². The second kappa shape index (κ2) is 6.87. The second-order valence-corrected chi connectivity index (χ2v) is 5.63. The number of rotatable bonds is 6. The van der Waals surface area contributed by atoms with E-state index in [1.807, 2.05) is 0 Å². The molecule has 1 aromatic heterocycles. The predicted molar refractivity (Wildman–Crippen MR) is 77.0 cm³/mol. The van der Waals surface area contributed by atoms with Crippen molar-refractivity contribution < 1.29 is 19.0 Å². The van der Waals surface area contributed by atoms with Crippen LogP contribution in [0.5, 0.6) is 0 Å². The molecule has 0 radical (unpaired) electrons. The van der Waals surface area contributed by atoms with E-state index in [2.05, 4.69) is 20.3 Å². The highest BCUT2D eigenvalue weighted by atomic mass is 16.6. The van der Waals surface area contributed by atoms with Gasteiger partial charge in [0.05, 0.1) is 25.0 Å². The molecule has 0 unspecified atom stereocenters. The smallest absolute Gasteiger partial charge is 0.229 e. The number of ether oxygens (including phenoxy) is 1. The third kappa shape index (κ3) is 3.27. The average molecular weight is 310 g/mol. The van der Waals surface area contributed by atoms with Gasteiger partial charge in [-0.05, 0) is 19.8 Å². The molecule has 22 heavy (non-hydrogen) atoms. The SMILES string of the molecule is CNC(=O)C[C@@]1(COC)CCCN1C(=O)Cc1nonc1C. The Morgan fingerprint density at radius 2 is 2.23 bits per heavy atom. The molecule has 0 bridgehead atoms. The van der Waals surface area contributed by atoms with Crippen LogP contribution < -0.4 is 5.32 Å². The van der Waals surface area contributed by atoms with Crippen LogP contribution in [0.25, 0.3) is 0 Å². The zero-order valence-corrected chi connectivity index (χ0v) is 13.2. The molecule has 122 valence electrons. The molecule has 1 N–H and O–H groups in total. The molecule has 8 heteroatoms. The number of hydrogen-bond acceptors (Lipinski definition) is 6. The monoisotopic (exact) mass is 310 g/mol. The maximum atomic E-state index is 12.7. The summed E-state index contributed by atoms with van der Waals surface area (Å²) in [4.78, 5) is 26.2. The molecule has 2 rings (SSSR count). The van der Waals surface area contributed by atoms with Crippen molar-refractivity contribution in [1.29, 1.82) is 0 Å². The lowest BCUT2D eigenvalue weighted by Crippen LogP contribution is -2.53. The standard InChI is InChI=1S/C14H22N4O4/c1-10-11(17-22-16-10)7-13(20)18-6-4-5-14(18,9-21-3)8-12(19)15-2/h4-9H2,1-3H3,(H,15,19)/t14-/m1/s1. The Bertz CT molecular complexity index is 545. The van der Waals surface area contributed by atoms with Crippen molar-refractivity contribution in [3.63, 3.8) is 0 Å². The van der Waals surface area contributed by atoms with Crippen molar-refractivity contribution >= 4 is 11.8 Å². The number of likely N-dealkylation sites (tertiary alicyclic amines) is 1. The van der Waals surface area contributed by atoms with E-state index in [1.54, 1.807) is 26.0 Å². The summed E-state index contributed by atoms with van der Waals surface area (Å²) in [5.74, 6) is -0.187. The zero-order valence-electron chi connectivity index (χ0n) is 13.2. The van der Waals surface area contributed by atoms with E-state index in [-0.39, 0.29) is 24.7 Å². The van der Waals surface area contributed by atoms with Gasteiger partial charge in [-0.3, -0.25) is 9.59 Å². The number of aryl methyl sites for hydroxylation is 1. The first-order chi connectivity index (χ1) is 10.5. The van der Waals surface area contributed by atoms with Gasteiger partial charge in [0.15, 0.2) is 0 Å². The van der Waals surface area contributed by atoms with Gasteiger partial charge in [-0.2, -0.15) is 0 Å². The minimum absolute atomic E-state index is 0.0859. The first kappa shape index (κ1) is 16.4. The van der Waals surface area contributed by atoms with Gasteiger partial charge in [-0.15, -0.1) is 0 Å². The Kier molecular flexibility index (Phi) is 5.12. The number of aromatic nitrogens is 2. The van der Waals surface area contributed by atoms with Crippen LogP contribution in [0.15, 0.2) is 4.63 Å².